The second kappa shape index (κ2) is 22.4. The summed E-state index contributed by atoms with van der Waals surface area (Å²) in [6, 6.07) is 11.4. The molecule has 4 aromatic rings. The fourth-order valence-electron chi connectivity index (χ4n) is 10.2. The third-order valence-electron chi connectivity index (χ3n) is 13.8. The second-order valence-corrected chi connectivity index (χ2v) is 22.0. The summed E-state index contributed by atoms with van der Waals surface area (Å²) in [6.45, 7) is 16.9. The van der Waals surface area contributed by atoms with Crippen LogP contribution in [0.15, 0.2) is 60.9 Å². The van der Waals surface area contributed by atoms with Crippen LogP contribution in [0.2, 0.25) is 0 Å². The van der Waals surface area contributed by atoms with Crippen LogP contribution in [-0.4, -0.2) is 96.4 Å². The van der Waals surface area contributed by atoms with Crippen LogP contribution in [0.3, 0.4) is 0 Å². The van der Waals surface area contributed by atoms with Gasteiger partial charge in [0.2, 0.25) is 0 Å². The highest BCUT2D eigenvalue weighted by Crippen LogP contribution is 2.41. The lowest BCUT2D eigenvalue weighted by Gasteiger charge is -2.36. The zero-order valence-electron chi connectivity index (χ0n) is 41.5. The van der Waals surface area contributed by atoms with Crippen LogP contribution in [0.5, 0.6) is 0 Å². The Kier molecular flexibility index (Phi) is 16.9. The quantitative estimate of drug-likeness (QED) is 0.127. The number of alkyl halides is 6. The van der Waals surface area contributed by atoms with Gasteiger partial charge in [-0.25, -0.2) is 19.6 Å². The number of pyridine rings is 2. The molecule has 0 N–H and O–H groups in total. The molecule has 0 saturated carbocycles. The van der Waals surface area contributed by atoms with Gasteiger partial charge >= 0.3 is 24.5 Å². The van der Waals surface area contributed by atoms with Gasteiger partial charge in [0, 0.05) is 71.0 Å². The molecular formula is C52H64F6N6O5S2. The highest BCUT2D eigenvalue weighted by Gasteiger charge is 2.44. The predicted octanol–water partition coefficient (Wildman–Crippen LogP) is 12.1. The number of nitrogens with zero attached hydrogens (tertiary/aromatic N) is 6. The Balaban J connectivity index is 0.000000209. The summed E-state index contributed by atoms with van der Waals surface area (Å²) in [5, 5.41) is 0. The first-order valence-corrected chi connectivity index (χ1v) is 26.9. The van der Waals surface area contributed by atoms with Gasteiger partial charge in [-0.2, -0.15) is 38.1 Å². The number of halogens is 6. The Bertz CT molecular complexity index is 2570. The molecule has 0 spiro atoms. The number of thioether (sulfide) groups is 1. The number of carbonyl (C=O) groups is 2. The molecule has 8 rings (SSSR count). The average molecular weight is 1030 g/mol. The van der Waals surface area contributed by atoms with E-state index < -0.39 is 70.8 Å². The highest BCUT2D eigenvalue weighted by molar-refractivity contribution is 7.99. The standard InChI is InChI=1S/C26H32F3N3O3S.C26H32F3N3O2S/c1-5-31(22-6-8-36(34)9-7-22)24-20(11-17(3)14-30-24)15-32-18(4)23(35-25(32)33)19-10-16(2)12-21(13-19)26(27,28)29;1-5-31(22-6-8-35-9-7-22)24-20(11-17(3)14-30-24)15-32-18(4)23(34-25(32)33)19-10-16(2)12-21(13-19)26(27,28)29/h10-14,18,22-23H,5-9,15H2,1-4H3;10-14,18,22-23H,5-9,15H2,1-4H3/t18-,22?,23-,36?;18-,23-/m00/s1. The van der Waals surface area contributed by atoms with Crippen LogP contribution in [0.1, 0.15) is 121 Å². The second-order valence-electron chi connectivity index (χ2n) is 19.1. The fraction of sp³-hybridized carbons (Fsp3) is 0.538. The highest BCUT2D eigenvalue weighted by atomic mass is 32.2. The van der Waals surface area contributed by atoms with Crippen LogP contribution in [0.4, 0.5) is 47.6 Å². The van der Waals surface area contributed by atoms with Crippen LogP contribution in [-0.2, 0) is 45.7 Å². The largest absolute Gasteiger partial charge is 0.439 e. The maximum atomic E-state index is 13.4. The summed E-state index contributed by atoms with van der Waals surface area (Å²) in [5.41, 5.74) is 3.86. The van der Waals surface area contributed by atoms with E-state index in [-0.39, 0.29) is 19.1 Å². The third-order valence-corrected chi connectivity index (χ3v) is 16.2. The van der Waals surface area contributed by atoms with Crippen molar-refractivity contribution in [2.45, 2.75) is 143 Å². The van der Waals surface area contributed by atoms with E-state index in [1.807, 2.05) is 50.9 Å². The summed E-state index contributed by atoms with van der Waals surface area (Å²) in [4.78, 5) is 43.0. The number of amides is 2. The van der Waals surface area contributed by atoms with Gasteiger partial charge in [-0.3, -0.25) is 14.0 Å². The van der Waals surface area contributed by atoms with Crippen molar-refractivity contribution in [1.29, 1.82) is 0 Å². The number of ether oxygens (including phenoxy) is 2. The van der Waals surface area contributed by atoms with Gasteiger partial charge in [0.05, 0.1) is 36.3 Å². The number of hydrogen-bond acceptors (Lipinski definition) is 10. The molecule has 71 heavy (non-hydrogen) atoms. The lowest BCUT2D eigenvalue weighted by molar-refractivity contribution is -0.138. The van der Waals surface area contributed by atoms with Crippen LogP contribution in [0, 0.1) is 27.7 Å². The van der Waals surface area contributed by atoms with Crippen molar-refractivity contribution < 1.29 is 49.6 Å². The van der Waals surface area contributed by atoms with E-state index in [9.17, 15) is 40.1 Å². The van der Waals surface area contributed by atoms with E-state index in [1.165, 1.54) is 0 Å². The molecule has 0 unspecified atom stereocenters. The Morgan fingerprint density at radius 1 is 0.620 bits per heavy atom. The van der Waals surface area contributed by atoms with Crippen molar-refractivity contribution in [2.75, 3.05) is 45.9 Å². The van der Waals surface area contributed by atoms with Gasteiger partial charge in [0.1, 0.15) is 23.8 Å². The molecule has 2 aromatic carbocycles. The van der Waals surface area contributed by atoms with Gasteiger partial charge < -0.3 is 19.3 Å². The molecule has 4 atom stereocenters. The molecule has 11 nitrogen and oxygen atoms in total. The molecule has 2 amide bonds. The molecule has 4 aliphatic rings. The minimum absolute atomic E-state index is 0.213. The Hall–Kier alpha value is -5.04. The molecule has 4 fully saturated rings. The van der Waals surface area contributed by atoms with E-state index in [2.05, 4.69) is 23.6 Å². The summed E-state index contributed by atoms with van der Waals surface area (Å²) < 4.78 is 103. The maximum Gasteiger partial charge on any atom is 0.416 e. The van der Waals surface area contributed by atoms with Crippen molar-refractivity contribution >= 4 is 46.4 Å². The topological polar surface area (TPSA) is 108 Å². The van der Waals surface area contributed by atoms with Crippen LogP contribution >= 0.6 is 11.8 Å². The average Bonchev–Trinajstić information content (AvgIpc) is 3.76. The smallest absolute Gasteiger partial charge is 0.416 e. The molecule has 0 radical (unpaired) electrons. The SMILES string of the molecule is CCN(c1ncc(C)cc1CN1C(=O)O[C@H](c2cc(C)cc(C(F)(F)F)c2)[C@@H]1C)C1CCS(=O)CC1.CCN(c1ncc(C)cc1CN1C(=O)O[C@H](c2cc(C)cc(C(F)(F)F)c2)[C@@H]1C)C1CCSCC1. The fourth-order valence-corrected chi connectivity index (χ4v) is 12.6. The number of cyclic esters (lactones) is 2. The molecule has 4 saturated heterocycles. The number of hydrogen-bond donors (Lipinski definition) is 0. The van der Waals surface area contributed by atoms with Crippen molar-refractivity contribution in [3.63, 3.8) is 0 Å². The van der Waals surface area contributed by atoms with E-state index >= 15 is 0 Å². The van der Waals surface area contributed by atoms with Crippen LogP contribution < -0.4 is 9.80 Å². The minimum Gasteiger partial charge on any atom is -0.439 e. The number of aromatic nitrogens is 2. The van der Waals surface area contributed by atoms with E-state index in [4.69, 9.17) is 19.4 Å². The van der Waals surface area contributed by atoms with Gasteiger partial charge in [-0.05, 0) is 151 Å². The number of rotatable bonds is 12. The number of aryl methyl sites for hydroxylation is 4. The first-order chi connectivity index (χ1) is 33.6. The molecule has 2 aromatic heterocycles. The lowest BCUT2D eigenvalue weighted by Crippen LogP contribution is -2.41. The molecule has 386 valence electrons. The van der Waals surface area contributed by atoms with Crippen molar-refractivity contribution in [3.8, 4) is 0 Å². The van der Waals surface area contributed by atoms with Gasteiger partial charge in [-0.15, -0.1) is 0 Å². The summed E-state index contributed by atoms with van der Waals surface area (Å²) in [7, 11) is -0.776. The van der Waals surface area contributed by atoms with Crippen molar-refractivity contribution in [1.82, 2.24) is 19.8 Å². The number of benzene rings is 2. The van der Waals surface area contributed by atoms with Crippen molar-refractivity contribution in [3.05, 3.63) is 117 Å². The van der Waals surface area contributed by atoms with Gasteiger partial charge in [0.25, 0.3) is 0 Å². The Morgan fingerprint density at radius 2 is 1.01 bits per heavy atom. The molecule has 4 aliphatic heterocycles. The molecule has 0 bridgehead atoms. The normalized spacial score (nSPS) is 23.0. The third kappa shape index (κ3) is 12.6. The molecular weight excluding hydrogens is 967 g/mol. The molecule has 0 aliphatic carbocycles. The van der Waals surface area contributed by atoms with Gasteiger partial charge in [-0.1, -0.05) is 23.3 Å². The van der Waals surface area contributed by atoms with Crippen LogP contribution in [0.25, 0.3) is 0 Å². The zero-order chi connectivity index (χ0) is 51.5. The monoisotopic (exact) mass is 1030 g/mol. The summed E-state index contributed by atoms with van der Waals surface area (Å²) in [6.07, 6.45) is -4.17. The number of anilines is 2. The Labute approximate surface area is 419 Å². The first kappa shape index (κ1) is 53.8. The van der Waals surface area contributed by atoms with E-state index in [0.29, 0.717) is 46.3 Å². The van der Waals surface area contributed by atoms with E-state index in [0.717, 1.165) is 102 Å². The predicted molar refractivity (Wildman–Crippen MR) is 266 cm³/mol. The molecule has 6 heterocycles. The maximum absolute atomic E-state index is 13.4. The van der Waals surface area contributed by atoms with E-state index in [1.54, 1.807) is 48.9 Å². The minimum atomic E-state index is -4.48. The lowest BCUT2D eigenvalue weighted by atomic mass is 9.98. The number of carbonyl (C=O) groups excluding carboxylic acids is 2. The Morgan fingerprint density at radius 3 is 1.39 bits per heavy atom. The molecule has 19 heteroatoms. The van der Waals surface area contributed by atoms with Gasteiger partial charge in [0.15, 0.2) is 0 Å². The zero-order valence-corrected chi connectivity index (χ0v) is 43.2. The van der Waals surface area contributed by atoms with Crippen molar-refractivity contribution in [2.24, 2.45) is 0 Å². The first-order valence-electron chi connectivity index (χ1n) is 24.2. The summed E-state index contributed by atoms with van der Waals surface area (Å²) >= 11 is 1.97. The summed E-state index contributed by atoms with van der Waals surface area (Å²) in [5.74, 6) is 5.21.